The van der Waals surface area contributed by atoms with Crippen LogP contribution in [-0.2, 0) is 11.3 Å². The molecule has 1 aromatic heterocycles. The summed E-state index contributed by atoms with van der Waals surface area (Å²) >= 11 is 0. The Kier molecular flexibility index (Phi) is 3.84. The molecule has 2 atom stereocenters. The molecule has 1 amide bonds. The number of furan rings is 1. The number of nitrogens with one attached hydrogen (secondary N) is 1. The van der Waals surface area contributed by atoms with E-state index in [1.54, 1.807) is 12.5 Å². The van der Waals surface area contributed by atoms with Crippen LogP contribution in [0.3, 0.4) is 0 Å². The molecular formula is C13H20N2O2. The lowest BCUT2D eigenvalue weighted by Crippen LogP contribution is -2.43. The van der Waals surface area contributed by atoms with Crippen molar-refractivity contribution in [1.29, 1.82) is 0 Å². The summed E-state index contributed by atoms with van der Waals surface area (Å²) in [5.74, 6) is 0.795. The maximum atomic E-state index is 12.3. The first-order valence-electron chi connectivity index (χ1n) is 6.18. The second kappa shape index (κ2) is 5.36. The van der Waals surface area contributed by atoms with E-state index in [0.717, 1.165) is 24.9 Å². The normalized spacial score (nSPS) is 26.0. The van der Waals surface area contributed by atoms with E-state index in [9.17, 15) is 4.79 Å². The second-order valence-electron chi connectivity index (χ2n) is 4.86. The average molecular weight is 236 g/mol. The SMILES string of the molecule is CNC1CC(C)CCN(Cc2ccoc2)C1=O. The van der Waals surface area contributed by atoms with Gasteiger partial charge >= 0.3 is 0 Å². The third-order valence-corrected chi connectivity index (χ3v) is 3.44. The molecule has 94 valence electrons. The lowest BCUT2D eigenvalue weighted by molar-refractivity contribution is -0.133. The van der Waals surface area contributed by atoms with Gasteiger partial charge in [-0.25, -0.2) is 0 Å². The molecule has 1 fully saturated rings. The number of likely N-dealkylation sites (tertiary alicyclic amines) is 1. The first kappa shape index (κ1) is 12.2. The fourth-order valence-corrected chi connectivity index (χ4v) is 2.33. The monoisotopic (exact) mass is 236 g/mol. The number of amides is 1. The van der Waals surface area contributed by atoms with Crippen molar-refractivity contribution in [2.75, 3.05) is 13.6 Å². The van der Waals surface area contributed by atoms with Gasteiger partial charge in [-0.15, -0.1) is 0 Å². The van der Waals surface area contributed by atoms with Gasteiger partial charge < -0.3 is 14.6 Å². The Morgan fingerprint density at radius 1 is 1.59 bits per heavy atom. The fraction of sp³-hybridized carbons (Fsp3) is 0.615. The first-order valence-corrected chi connectivity index (χ1v) is 6.18. The summed E-state index contributed by atoms with van der Waals surface area (Å²) in [6.45, 7) is 3.70. The number of nitrogens with zero attached hydrogens (tertiary/aromatic N) is 1. The molecule has 1 saturated heterocycles. The van der Waals surface area contributed by atoms with Crippen molar-refractivity contribution in [2.45, 2.75) is 32.4 Å². The molecule has 0 aromatic carbocycles. The summed E-state index contributed by atoms with van der Waals surface area (Å²) in [7, 11) is 1.86. The van der Waals surface area contributed by atoms with Gasteiger partial charge in [-0.1, -0.05) is 6.92 Å². The van der Waals surface area contributed by atoms with Crippen molar-refractivity contribution in [3.8, 4) is 0 Å². The summed E-state index contributed by atoms with van der Waals surface area (Å²) in [4.78, 5) is 14.2. The third kappa shape index (κ3) is 2.88. The van der Waals surface area contributed by atoms with Gasteiger partial charge in [0.25, 0.3) is 0 Å². The molecule has 1 N–H and O–H groups in total. The van der Waals surface area contributed by atoms with Crippen molar-refractivity contribution >= 4 is 5.91 Å². The summed E-state index contributed by atoms with van der Waals surface area (Å²) in [5.41, 5.74) is 1.06. The van der Waals surface area contributed by atoms with Crippen LogP contribution in [0.1, 0.15) is 25.3 Å². The van der Waals surface area contributed by atoms with Gasteiger partial charge in [0.05, 0.1) is 18.6 Å². The van der Waals surface area contributed by atoms with Gasteiger partial charge in [0.15, 0.2) is 0 Å². The smallest absolute Gasteiger partial charge is 0.240 e. The van der Waals surface area contributed by atoms with E-state index in [1.807, 2.05) is 18.0 Å². The predicted molar refractivity (Wildman–Crippen MR) is 65.4 cm³/mol. The van der Waals surface area contributed by atoms with E-state index < -0.39 is 0 Å². The zero-order valence-electron chi connectivity index (χ0n) is 10.5. The van der Waals surface area contributed by atoms with Crippen molar-refractivity contribution in [1.82, 2.24) is 10.2 Å². The highest BCUT2D eigenvalue weighted by atomic mass is 16.3. The molecule has 0 aliphatic carbocycles. The van der Waals surface area contributed by atoms with Crippen molar-refractivity contribution in [2.24, 2.45) is 5.92 Å². The number of carbonyl (C=O) groups excluding carboxylic acids is 1. The molecular weight excluding hydrogens is 216 g/mol. The van der Waals surface area contributed by atoms with Crippen molar-refractivity contribution in [3.05, 3.63) is 24.2 Å². The van der Waals surface area contributed by atoms with Crippen LogP contribution in [0.4, 0.5) is 0 Å². The van der Waals surface area contributed by atoms with Crippen LogP contribution in [0, 0.1) is 5.92 Å². The van der Waals surface area contributed by atoms with Crippen LogP contribution in [-0.4, -0.2) is 30.4 Å². The molecule has 0 saturated carbocycles. The Labute approximate surface area is 102 Å². The highest BCUT2D eigenvalue weighted by Crippen LogP contribution is 2.19. The Balaban J connectivity index is 2.07. The standard InChI is InChI=1S/C13H20N2O2/c1-10-3-5-15(8-11-4-6-17-9-11)13(16)12(7-10)14-2/h4,6,9-10,12,14H,3,5,7-8H2,1-2H3. The predicted octanol–water partition coefficient (Wildman–Crippen LogP) is 1.63. The largest absolute Gasteiger partial charge is 0.472 e. The van der Waals surface area contributed by atoms with Crippen LogP contribution < -0.4 is 5.32 Å². The van der Waals surface area contributed by atoms with Gasteiger partial charge in [-0.05, 0) is 31.9 Å². The van der Waals surface area contributed by atoms with Crippen molar-refractivity contribution in [3.63, 3.8) is 0 Å². The number of rotatable bonds is 3. The molecule has 1 aliphatic rings. The van der Waals surface area contributed by atoms with Gasteiger partial charge in [-0.2, -0.15) is 0 Å². The van der Waals surface area contributed by atoms with E-state index in [-0.39, 0.29) is 11.9 Å². The molecule has 0 spiro atoms. The molecule has 4 heteroatoms. The minimum atomic E-state index is -0.0422. The molecule has 0 bridgehead atoms. The highest BCUT2D eigenvalue weighted by molar-refractivity contribution is 5.82. The van der Waals surface area contributed by atoms with Gasteiger partial charge in [0, 0.05) is 18.7 Å². The summed E-state index contributed by atoms with van der Waals surface area (Å²) < 4.78 is 5.04. The molecule has 1 aromatic rings. The van der Waals surface area contributed by atoms with E-state index in [1.165, 1.54) is 0 Å². The Morgan fingerprint density at radius 2 is 2.41 bits per heavy atom. The van der Waals surface area contributed by atoms with E-state index in [4.69, 9.17) is 4.42 Å². The minimum Gasteiger partial charge on any atom is -0.472 e. The zero-order valence-corrected chi connectivity index (χ0v) is 10.5. The van der Waals surface area contributed by atoms with Gasteiger partial charge in [-0.3, -0.25) is 4.79 Å². The Bertz CT molecular complexity index is 362. The number of carbonyl (C=O) groups is 1. The molecule has 2 unspecified atom stereocenters. The molecule has 17 heavy (non-hydrogen) atoms. The summed E-state index contributed by atoms with van der Waals surface area (Å²) in [6, 6.07) is 1.87. The number of hydrogen-bond donors (Lipinski definition) is 1. The summed E-state index contributed by atoms with van der Waals surface area (Å²) in [6.07, 6.45) is 5.35. The zero-order chi connectivity index (χ0) is 12.3. The van der Waals surface area contributed by atoms with E-state index in [2.05, 4.69) is 12.2 Å². The molecule has 2 rings (SSSR count). The topological polar surface area (TPSA) is 45.5 Å². The Hall–Kier alpha value is -1.29. The van der Waals surface area contributed by atoms with Crippen LogP contribution in [0.15, 0.2) is 23.0 Å². The third-order valence-electron chi connectivity index (χ3n) is 3.44. The lowest BCUT2D eigenvalue weighted by Gasteiger charge is -2.23. The molecule has 1 aliphatic heterocycles. The number of hydrogen-bond acceptors (Lipinski definition) is 3. The summed E-state index contributed by atoms with van der Waals surface area (Å²) in [5, 5.41) is 3.12. The van der Waals surface area contributed by atoms with E-state index in [0.29, 0.717) is 12.5 Å². The lowest BCUT2D eigenvalue weighted by atomic mass is 10.0. The first-order chi connectivity index (χ1) is 8.20. The van der Waals surface area contributed by atoms with Crippen LogP contribution in [0.5, 0.6) is 0 Å². The maximum Gasteiger partial charge on any atom is 0.240 e. The average Bonchev–Trinajstić information content (AvgIpc) is 2.78. The van der Waals surface area contributed by atoms with Crippen LogP contribution >= 0.6 is 0 Å². The highest BCUT2D eigenvalue weighted by Gasteiger charge is 2.28. The molecule has 0 radical (unpaired) electrons. The number of likely N-dealkylation sites (N-methyl/N-ethyl adjacent to an activating group) is 1. The van der Waals surface area contributed by atoms with Crippen molar-refractivity contribution < 1.29 is 9.21 Å². The molecule has 4 nitrogen and oxygen atoms in total. The van der Waals surface area contributed by atoms with Crippen LogP contribution in [0.25, 0.3) is 0 Å². The minimum absolute atomic E-state index is 0.0422. The van der Waals surface area contributed by atoms with Crippen LogP contribution in [0.2, 0.25) is 0 Å². The van der Waals surface area contributed by atoms with Gasteiger partial charge in [0.1, 0.15) is 0 Å². The second-order valence-corrected chi connectivity index (χ2v) is 4.86. The fourth-order valence-electron chi connectivity index (χ4n) is 2.33. The van der Waals surface area contributed by atoms with Gasteiger partial charge in [0.2, 0.25) is 5.91 Å². The maximum absolute atomic E-state index is 12.3. The molecule has 2 heterocycles. The Morgan fingerprint density at radius 3 is 3.06 bits per heavy atom. The quantitative estimate of drug-likeness (QED) is 0.867. The van der Waals surface area contributed by atoms with E-state index >= 15 is 0 Å².